The summed E-state index contributed by atoms with van der Waals surface area (Å²) in [4.78, 5) is 11.0. The molecule has 26 heavy (non-hydrogen) atoms. The number of thioether (sulfide) groups is 1. The second-order valence-corrected chi connectivity index (χ2v) is 7.45. The second kappa shape index (κ2) is 6.81. The van der Waals surface area contributed by atoms with Crippen LogP contribution in [-0.4, -0.2) is 11.3 Å². The van der Waals surface area contributed by atoms with Gasteiger partial charge in [-0.1, -0.05) is 96.2 Å². The Morgan fingerprint density at radius 2 is 1.62 bits per heavy atom. The van der Waals surface area contributed by atoms with Crippen LogP contribution < -0.4 is 5.43 Å². The van der Waals surface area contributed by atoms with Crippen molar-refractivity contribution >= 4 is 23.1 Å². The highest BCUT2D eigenvalue weighted by molar-refractivity contribution is 8.15. The smallest absolute Gasteiger partial charge is 0.157 e. The van der Waals surface area contributed by atoms with Crippen molar-refractivity contribution in [3.8, 4) is 0 Å². The number of nitrogens with one attached hydrogen (secondary N) is 1. The number of benzene rings is 3. The Morgan fingerprint density at radius 3 is 2.35 bits per heavy atom. The summed E-state index contributed by atoms with van der Waals surface area (Å²) in [5.41, 5.74) is 8.25. The van der Waals surface area contributed by atoms with E-state index in [9.17, 15) is 4.79 Å². The number of carbonyl (C=O) groups is 1. The van der Waals surface area contributed by atoms with Crippen LogP contribution in [0.5, 0.6) is 0 Å². The molecule has 0 fully saturated rings. The molecule has 0 bridgehead atoms. The van der Waals surface area contributed by atoms with Crippen molar-refractivity contribution in [2.45, 2.75) is 11.8 Å². The Bertz CT molecular complexity index is 967. The van der Waals surface area contributed by atoms with Crippen molar-refractivity contribution in [2.75, 3.05) is 0 Å². The Morgan fingerprint density at radius 1 is 0.923 bits per heavy atom. The minimum Gasteiger partial charge on any atom is -0.298 e. The van der Waals surface area contributed by atoms with Gasteiger partial charge in [0.05, 0.1) is 0 Å². The van der Waals surface area contributed by atoms with Gasteiger partial charge in [0, 0.05) is 16.7 Å². The molecule has 4 heteroatoms. The van der Waals surface area contributed by atoms with Crippen LogP contribution in [0.25, 0.3) is 0 Å². The predicted molar refractivity (Wildman–Crippen MR) is 107 cm³/mol. The number of carbonyl (C=O) groups excluding carboxylic acids is 1. The maximum Gasteiger partial charge on any atom is 0.157 e. The predicted octanol–water partition coefficient (Wildman–Crippen LogP) is 4.71. The zero-order valence-corrected chi connectivity index (χ0v) is 15.2. The molecule has 0 saturated heterocycles. The van der Waals surface area contributed by atoms with Gasteiger partial charge in [-0.2, -0.15) is 5.10 Å². The van der Waals surface area contributed by atoms with E-state index in [-0.39, 0.29) is 0 Å². The lowest BCUT2D eigenvalue weighted by Crippen LogP contribution is -2.35. The van der Waals surface area contributed by atoms with Gasteiger partial charge >= 0.3 is 0 Å². The fraction of sp³-hybridized carbons (Fsp3) is 0.0909. The zero-order valence-electron chi connectivity index (χ0n) is 14.3. The molecule has 128 valence electrons. The fourth-order valence-electron chi connectivity index (χ4n) is 3.13. The first-order chi connectivity index (χ1) is 12.7. The summed E-state index contributed by atoms with van der Waals surface area (Å²) in [6, 6.07) is 26.1. The minimum absolute atomic E-state index is 0.626. The molecule has 1 heterocycles. The number of rotatable bonds is 4. The van der Waals surface area contributed by atoms with Crippen LogP contribution in [0.3, 0.4) is 0 Å². The summed E-state index contributed by atoms with van der Waals surface area (Å²) in [7, 11) is 0. The van der Waals surface area contributed by atoms with Crippen LogP contribution in [0, 0.1) is 6.92 Å². The molecular formula is C22H18N2OS. The second-order valence-electron chi connectivity index (χ2n) is 6.25. The fourth-order valence-corrected chi connectivity index (χ4v) is 4.40. The summed E-state index contributed by atoms with van der Waals surface area (Å²) < 4.78 is 0. The summed E-state index contributed by atoms with van der Waals surface area (Å²) in [6.07, 6.45) is 0.909. The van der Waals surface area contributed by atoms with Gasteiger partial charge in [0.25, 0.3) is 0 Å². The molecule has 1 aliphatic rings. The summed E-state index contributed by atoms with van der Waals surface area (Å²) in [5, 5.41) is 5.54. The normalized spacial score (nSPS) is 18.9. The topological polar surface area (TPSA) is 41.5 Å². The van der Waals surface area contributed by atoms with Gasteiger partial charge in [0.15, 0.2) is 4.87 Å². The number of aldehydes is 1. The van der Waals surface area contributed by atoms with Gasteiger partial charge in [-0.15, -0.1) is 0 Å². The van der Waals surface area contributed by atoms with Crippen LogP contribution >= 0.6 is 11.8 Å². The first-order valence-electron chi connectivity index (χ1n) is 8.44. The molecule has 1 aliphatic heterocycles. The van der Waals surface area contributed by atoms with Crippen molar-refractivity contribution in [3.05, 3.63) is 107 Å². The molecule has 0 radical (unpaired) electrons. The van der Waals surface area contributed by atoms with Crippen LogP contribution in [-0.2, 0) is 4.87 Å². The molecule has 4 rings (SSSR count). The van der Waals surface area contributed by atoms with Crippen molar-refractivity contribution < 1.29 is 4.79 Å². The van der Waals surface area contributed by atoms with E-state index in [2.05, 4.69) is 53.8 Å². The lowest BCUT2D eigenvalue weighted by atomic mass is 9.94. The van der Waals surface area contributed by atoms with Crippen LogP contribution in [0.4, 0.5) is 0 Å². The molecule has 0 aliphatic carbocycles. The van der Waals surface area contributed by atoms with Crippen molar-refractivity contribution in [2.24, 2.45) is 5.10 Å². The zero-order chi connectivity index (χ0) is 18.0. The Labute approximate surface area is 157 Å². The first kappa shape index (κ1) is 16.6. The van der Waals surface area contributed by atoms with Crippen LogP contribution in [0.2, 0.25) is 0 Å². The highest BCUT2D eigenvalue weighted by atomic mass is 32.2. The lowest BCUT2D eigenvalue weighted by molar-refractivity contribution is 0.112. The van der Waals surface area contributed by atoms with Crippen LogP contribution in [0.15, 0.2) is 84.0 Å². The molecule has 3 aromatic rings. The number of hydrogen-bond donors (Lipinski definition) is 1. The molecule has 0 amide bonds. The third-order valence-electron chi connectivity index (χ3n) is 4.51. The maximum atomic E-state index is 11.7. The van der Waals surface area contributed by atoms with E-state index < -0.39 is 4.87 Å². The molecular weight excluding hydrogens is 340 g/mol. The SMILES string of the molecule is Cc1ccc(C2=NNC(c3ccccc3)(c3ccccc3C=O)S2)cc1. The van der Waals surface area contributed by atoms with Gasteiger partial charge in [-0.3, -0.25) is 10.2 Å². The molecule has 3 aromatic carbocycles. The number of aryl methyl sites for hydroxylation is 1. The third-order valence-corrected chi connectivity index (χ3v) is 5.88. The van der Waals surface area contributed by atoms with Crippen LogP contribution in [0.1, 0.15) is 32.6 Å². The summed E-state index contributed by atoms with van der Waals surface area (Å²) >= 11 is 1.63. The molecule has 0 spiro atoms. The monoisotopic (exact) mass is 358 g/mol. The van der Waals surface area contributed by atoms with E-state index in [4.69, 9.17) is 0 Å². The molecule has 0 aromatic heterocycles. The highest BCUT2D eigenvalue weighted by Crippen LogP contribution is 2.46. The van der Waals surface area contributed by atoms with E-state index >= 15 is 0 Å². The standard InChI is InChI=1S/C22H18N2OS/c1-16-11-13-17(14-12-16)21-23-24-22(26-21,19-8-3-2-4-9-19)20-10-6-5-7-18(20)15-25/h2-15,24H,1H3. The first-order valence-corrected chi connectivity index (χ1v) is 9.26. The average Bonchev–Trinajstić information content (AvgIpc) is 3.16. The summed E-state index contributed by atoms with van der Waals surface area (Å²) in [6.45, 7) is 2.07. The lowest BCUT2D eigenvalue weighted by Gasteiger charge is -2.30. The Balaban J connectivity index is 1.82. The molecule has 1 atom stereocenters. The Hall–Kier alpha value is -2.85. The van der Waals surface area contributed by atoms with Gasteiger partial charge < -0.3 is 0 Å². The van der Waals surface area contributed by atoms with E-state index in [1.165, 1.54) is 5.56 Å². The highest BCUT2D eigenvalue weighted by Gasteiger charge is 2.42. The molecule has 3 nitrogen and oxygen atoms in total. The van der Waals surface area contributed by atoms with E-state index in [0.717, 1.165) is 28.0 Å². The molecule has 0 saturated carbocycles. The maximum absolute atomic E-state index is 11.7. The number of nitrogens with zero attached hydrogens (tertiary/aromatic N) is 1. The van der Waals surface area contributed by atoms with E-state index in [0.29, 0.717) is 5.56 Å². The van der Waals surface area contributed by atoms with Gasteiger partial charge in [-0.05, 0) is 12.5 Å². The van der Waals surface area contributed by atoms with Gasteiger partial charge in [0.2, 0.25) is 0 Å². The van der Waals surface area contributed by atoms with Crippen molar-refractivity contribution in [1.29, 1.82) is 0 Å². The Kier molecular flexibility index (Phi) is 4.35. The molecule has 1 N–H and O–H groups in total. The number of hydrazone groups is 1. The quantitative estimate of drug-likeness (QED) is 0.687. The average molecular weight is 358 g/mol. The van der Waals surface area contributed by atoms with E-state index in [1.54, 1.807) is 11.8 Å². The number of hydrogen-bond acceptors (Lipinski definition) is 4. The van der Waals surface area contributed by atoms with Crippen molar-refractivity contribution in [1.82, 2.24) is 5.43 Å². The summed E-state index contributed by atoms with van der Waals surface area (Å²) in [5.74, 6) is 0. The van der Waals surface area contributed by atoms with Gasteiger partial charge in [-0.25, -0.2) is 0 Å². The van der Waals surface area contributed by atoms with E-state index in [1.807, 2.05) is 42.5 Å². The third kappa shape index (κ3) is 2.82. The van der Waals surface area contributed by atoms with Crippen molar-refractivity contribution in [3.63, 3.8) is 0 Å². The molecule has 1 unspecified atom stereocenters. The van der Waals surface area contributed by atoms with Gasteiger partial charge in [0.1, 0.15) is 11.3 Å². The minimum atomic E-state index is -0.626. The largest absolute Gasteiger partial charge is 0.298 e.